The summed E-state index contributed by atoms with van der Waals surface area (Å²) in [5.41, 5.74) is 0.602. The molecule has 1 fully saturated rings. The van der Waals surface area contributed by atoms with E-state index in [2.05, 4.69) is 6.07 Å². The number of benzene rings is 1. The van der Waals surface area contributed by atoms with E-state index < -0.39 is 0 Å². The van der Waals surface area contributed by atoms with E-state index in [1.807, 2.05) is 0 Å². The van der Waals surface area contributed by atoms with Crippen molar-refractivity contribution in [1.29, 1.82) is 5.26 Å². The largest absolute Gasteiger partial charge is 0.493 e. The van der Waals surface area contributed by atoms with Gasteiger partial charge >= 0.3 is 0 Å². The highest BCUT2D eigenvalue weighted by Crippen LogP contribution is 2.32. The molecule has 0 aromatic heterocycles. The van der Waals surface area contributed by atoms with Crippen LogP contribution in [0.4, 0.5) is 0 Å². The molecule has 3 heteroatoms. The molecule has 0 amide bonds. The third-order valence-corrected chi connectivity index (χ3v) is 2.64. The Balaban J connectivity index is 2.21. The number of hydrogen-bond donors (Lipinski definition) is 0. The van der Waals surface area contributed by atoms with Crippen molar-refractivity contribution in [3.63, 3.8) is 0 Å². The Morgan fingerprint density at radius 2 is 2.13 bits per heavy atom. The molecule has 0 saturated heterocycles. The van der Waals surface area contributed by atoms with Gasteiger partial charge in [0.25, 0.3) is 0 Å². The van der Waals surface area contributed by atoms with Crippen LogP contribution < -0.4 is 9.47 Å². The molecule has 0 atom stereocenters. The van der Waals surface area contributed by atoms with Crippen LogP contribution >= 0.6 is 0 Å². The van der Waals surface area contributed by atoms with Crippen LogP contribution in [-0.4, -0.2) is 13.2 Å². The highest BCUT2D eigenvalue weighted by Gasteiger charge is 2.20. The minimum atomic E-state index is 0.299. The Hall–Kier alpha value is -1.69. The van der Waals surface area contributed by atoms with Crippen LogP contribution in [0.2, 0.25) is 0 Å². The van der Waals surface area contributed by atoms with Gasteiger partial charge < -0.3 is 9.47 Å². The van der Waals surface area contributed by atoms with E-state index in [1.165, 1.54) is 6.42 Å². The molecule has 1 aromatic carbocycles. The average Bonchev–Trinajstić information content (AvgIpc) is 2.23. The van der Waals surface area contributed by atoms with Crippen molar-refractivity contribution in [3.8, 4) is 17.6 Å². The molecule has 0 N–H and O–H groups in total. The topological polar surface area (TPSA) is 42.2 Å². The van der Waals surface area contributed by atoms with Crippen molar-refractivity contribution in [3.05, 3.63) is 23.8 Å². The van der Waals surface area contributed by atoms with Crippen molar-refractivity contribution < 1.29 is 9.47 Å². The van der Waals surface area contributed by atoms with Gasteiger partial charge in [0.2, 0.25) is 0 Å². The maximum Gasteiger partial charge on any atom is 0.162 e. The highest BCUT2D eigenvalue weighted by molar-refractivity contribution is 5.46. The first-order valence-corrected chi connectivity index (χ1v) is 5.08. The van der Waals surface area contributed by atoms with Crippen molar-refractivity contribution in [2.75, 3.05) is 7.11 Å². The van der Waals surface area contributed by atoms with Gasteiger partial charge in [0.05, 0.1) is 24.8 Å². The standard InChI is InChI=1S/C12H13NO2/c1-14-11-6-5-9(8-13)7-12(11)15-10-3-2-4-10/h5-7,10H,2-4H2,1H3. The van der Waals surface area contributed by atoms with Gasteiger partial charge in [-0.25, -0.2) is 0 Å². The Bertz CT molecular complexity index is 391. The minimum Gasteiger partial charge on any atom is -0.493 e. The predicted molar refractivity (Wildman–Crippen MR) is 56.0 cm³/mol. The Labute approximate surface area is 89.2 Å². The van der Waals surface area contributed by atoms with Crippen LogP contribution in [0.1, 0.15) is 24.8 Å². The lowest BCUT2D eigenvalue weighted by Gasteiger charge is -2.27. The van der Waals surface area contributed by atoms with E-state index in [1.54, 1.807) is 25.3 Å². The molecule has 0 bridgehead atoms. The van der Waals surface area contributed by atoms with Crippen molar-refractivity contribution in [1.82, 2.24) is 0 Å². The Morgan fingerprint density at radius 1 is 1.33 bits per heavy atom. The maximum atomic E-state index is 8.78. The van der Waals surface area contributed by atoms with E-state index in [0.717, 1.165) is 12.8 Å². The lowest BCUT2D eigenvalue weighted by Crippen LogP contribution is -2.24. The molecule has 1 saturated carbocycles. The summed E-state index contributed by atoms with van der Waals surface area (Å²) in [6.45, 7) is 0. The van der Waals surface area contributed by atoms with Crippen molar-refractivity contribution in [2.24, 2.45) is 0 Å². The van der Waals surface area contributed by atoms with E-state index >= 15 is 0 Å². The van der Waals surface area contributed by atoms with Crippen molar-refractivity contribution >= 4 is 0 Å². The maximum absolute atomic E-state index is 8.78. The SMILES string of the molecule is COc1ccc(C#N)cc1OC1CCC1. The van der Waals surface area contributed by atoms with Gasteiger partial charge in [-0.2, -0.15) is 5.26 Å². The average molecular weight is 203 g/mol. The molecule has 0 radical (unpaired) electrons. The second kappa shape index (κ2) is 4.22. The molecular formula is C12H13NO2. The quantitative estimate of drug-likeness (QED) is 0.758. The smallest absolute Gasteiger partial charge is 0.162 e. The molecule has 78 valence electrons. The molecule has 3 nitrogen and oxygen atoms in total. The summed E-state index contributed by atoms with van der Waals surface area (Å²) in [6, 6.07) is 7.32. The lowest BCUT2D eigenvalue weighted by molar-refractivity contribution is 0.116. The molecule has 0 heterocycles. The van der Waals surface area contributed by atoms with Crippen LogP contribution in [0.25, 0.3) is 0 Å². The van der Waals surface area contributed by atoms with E-state index in [4.69, 9.17) is 14.7 Å². The van der Waals surface area contributed by atoms with E-state index in [0.29, 0.717) is 23.2 Å². The Morgan fingerprint density at radius 3 is 2.67 bits per heavy atom. The molecule has 1 aliphatic carbocycles. The zero-order valence-electron chi connectivity index (χ0n) is 8.69. The van der Waals surface area contributed by atoms with E-state index in [-0.39, 0.29) is 0 Å². The van der Waals surface area contributed by atoms with Gasteiger partial charge in [-0.15, -0.1) is 0 Å². The molecule has 0 unspecified atom stereocenters. The predicted octanol–water partition coefficient (Wildman–Crippen LogP) is 2.50. The molecule has 0 spiro atoms. The third kappa shape index (κ3) is 2.04. The van der Waals surface area contributed by atoms with Crippen LogP contribution in [0.15, 0.2) is 18.2 Å². The molecular weight excluding hydrogens is 190 g/mol. The molecule has 1 aromatic rings. The number of hydrogen-bond acceptors (Lipinski definition) is 3. The van der Waals surface area contributed by atoms with E-state index in [9.17, 15) is 0 Å². The van der Waals surface area contributed by atoms with Crippen LogP contribution in [-0.2, 0) is 0 Å². The first kappa shape index (κ1) is 9.85. The van der Waals surface area contributed by atoms with Gasteiger partial charge in [0.15, 0.2) is 11.5 Å². The first-order chi connectivity index (χ1) is 7.33. The summed E-state index contributed by atoms with van der Waals surface area (Å²) < 4.78 is 10.9. The summed E-state index contributed by atoms with van der Waals surface area (Å²) in [6.07, 6.45) is 3.72. The number of rotatable bonds is 3. The van der Waals surface area contributed by atoms with Gasteiger partial charge in [0, 0.05) is 6.07 Å². The number of ether oxygens (including phenoxy) is 2. The highest BCUT2D eigenvalue weighted by atomic mass is 16.5. The number of nitriles is 1. The second-order valence-electron chi connectivity index (χ2n) is 3.65. The molecule has 0 aliphatic heterocycles. The van der Waals surface area contributed by atoms with Gasteiger partial charge in [-0.3, -0.25) is 0 Å². The fourth-order valence-electron chi connectivity index (χ4n) is 1.51. The summed E-state index contributed by atoms with van der Waals surface area (Å²) >= 11 is 0. The zero-order valence-corrected chi connectivity index (χ0v) is 8.69. The van der Waals surface area contributed by atoms with Gasteiger partial charge in [-0.05, 0) is 31.4 Å². The summed E-state index contributed by atoms with van der Waals surface area (Å²) in [7, 11) is 1.61. The van der Waals surface area contributed by atoms with Crippen LogP contribution in [0.3, 0.4) is 0 Å². The Kier molecular flexibility index (Phi) is 2.77. The molecule has 1 aliphatic rings. The summed E-state index contributed by atoms with van der Waals surface area (Å²) in [5.74, 6) is 1.38. The summed E-state index contributed by atoms with van der Waals surface area (Å²) in [4.78, 5) is 0. The number of methoxy groups -OCH3 is 1. The first-order valence-electron chi connectivity index (χ1n) is 5.08. The second-order valence-corrected chi connectivity index (χ2v) is 3.65. The monoisotopic (exact) mass is 203 g/mol. The van der Waals surface area contributed by atoms with Crippen molar-refractivity contribution in [2.45, 2.75) is 25.4 Å². The van der Waals surface area contributed by atoms with Gasteiger partial charge in [-0.1, -0.05) is 0 Å². The molecule has 2 rings (SSSR count). The third-order valence-electron chi connectivity index (χ3n) is 2.64. The number of nitrogens with zero attached hydrogens (tertiary/aromatic N) is 1. The summed E-state index contributed by atoms with van der Waals surface area (Å²) in [5, 5.41) is 8.78. The fourth-order valence-corrected chi connectivity index (χ4v) is 1.51. The molecule has 15 heavy (non-hydrogen) atoms. The minimum absolute atomic E-state index is 0.299. The normalized spacial score (nSPS) is 15.2. The zero-order chi connectivity index (χ0) is 10.7. The lowest BCUT2D eigenvalue weighted by atomic mass is 9.96. The van der Waals surface area contributed by atoms with Crippen LogP contribution in [0.5, 0.6) is 11.5 Å². The van der Waals surface area contributed by atoms with Gasteiger partial charge in [0.1, 0.15) is 0 Å². The fraction of sp³-hybridized carbons (Fsp3) is 0.417. The van der Waals surface area contributed by atoms with Crippen LogP contribution in [0, 0.1) is 11.3 Å².